The number of benzene rings is 2. The predicted octanol–water partition coefficient (Wildman–Crippen LogP) is 3.82. The number of carbonyl (C=O) groups excluding carboxylic acids is 2. The molecule has 2 aromatic carbocycles. The summed E-state index contributed by atoms with van der Waals surface area (Å²) in [5.74, 6) is 0.846. The van der Waals surface area contributed by atoms with Crippen LogP contribution in [-0.4, -0.2) is 64.0 Å². The molecule has 2 saturated heterocycles. The van der Waals surface area contributed by atoms with Gasteiger partial charge in [0.05, 0.1) is 17.6 Å². The zero-order valence-electron chi connectivity index (χ0n) is 22.8. The SMILES string of the molecule is CCOc1ccccc1C=CC(=O)N1CCC2(CC1)CCN(C(=O)CCc1nc3ccccc3n(C)c1=O)C2. The number of aryl methyl sites for hydroxylation is 2. The number of fused-ring (bicyclic) bond motifs is 1. The van der Waals surface area contributed by atoms with Gasteiger partial charge in [-0.3, -0.25) is 14.4 Å². The summed E-state index contributed by atoms with van der Waals surface area (Å²) in [6.45, 7) is 5.34. The first-order valence-corrected chi connectivity index (χ1v) is 13.8. The van der Waals surface area contributed by atoms with E-state index >= 15 is 0 Å². The van der Waals surface area contributed by atoms with Gasteiger partial charge < -0.3 is 19.1 Å². The quantitative estimate of drug-likeness (QED) is 0.436. The summed E-state index contributed by atoms with van der Waals surface area (Å²) in [6.07, 6.45) is 6.79. The third kappa shape index (κ3) is 5.75. The summed E-state index contributed by atoms with van der Waals surface area (Å²) in [4.78, 5) is 47.1. The standard InChI is InChI=1S/C31H36N4O4/c1-3-39-27-11-7-4-8-23(27)12-14-28(36)34-19-16-31(17-20-34)18-21-35(22-31)29(37)15-13-25-30(38)33(2)26-10-6-5-9-24(26)32-25/h4-12,14H,3,13,15-22H2,1-2H3. The molecular weight excluding hydrogens is 492 g/mol. The molecule has 0 radical (unpaired) electrons. The number of para-hydroxylation sites is 3. The van der Waals surface area contributed by atoms with E-state index in [0.29, 0.717) is 38.4 Å². The molecule has 2 aliphatic rings. The molecule has 1 spiro atoms. The maximum Gasteiger partial charge on any atom is 0.272 e. The summed E-state index contributed by atoms with van der Waals surface area (Å²) >= 11 is 0. The van der Waals surface area contributed by atoms with Gasteiger partial charge in [-0.2, -0.15) is 0 Å². The number of hydrogen-bond acceptors (Lipinski definition) is 5. The molecule has 2 aliphatic heterocycles. The average molecular weight is 529 g/mol. The van der Waals surface area contributed by atoms with Crippen LogP contribution in [0.4, 0.5) is 0 Å². The van der Waals surface area contributed by atoms with Crippen LogP contribution in [0.1, 0.15) is 43.9 Å². The lowest BCUT2D eigenvalue weighted by molar-refractivity contribution is -0.132. The molecule has 5 rings (SSSR count). The number of rotatable bonds is 7. The summed E-state index contributed by atoms with van der Waals surface area (Å²) < 4.78 is 7.26. The van der Waals surface area contributed by atoms with Crippen LogP contribution < -0.4 is 10.3 Å². The molecule has 0 saturated carbocycles. The number of amides is 2. The number of likely N-dealkylation sites (tertiary alicyclic amines) is 2. The van der Waals surface area contributed by atoms with Gasteiger partial charge >= 0.3 is 0 Å². The summed E-state index contributed by atoms with van der Waals surface area (Å²) in [6, 6.07) is 15.2. The van der Waals surface area contributed by atoms with Crippen LogP contribution in [-0.2, 0) is 23.1 Å². The summed E-state index contributed by atoms with van der Waals surface area (Å²) in [7, 11) is 1.74. The first-order valence-electron chi connectivity index (χ1n) is 13.8. The van der Waals surface area contributed by atoms with Gasteiger partial charge in [0, 0.05) is 57.7 Å². The van der Waals surface area contributed by atoms with Crippen molar-refractivity contribution in [3.8, 4) is 5.75 Å². The van der Waals surface area contributed by atoms with Crippen LogP contribution in [0.15, 0.2) is 59.4 Å². The molecule has 8 heteroatoms. The first kappa shape index (κ1) is 26.7. The second kappa shape index (κ2) is 11.4. The van der Waals surface area contributed by atoms with E-state index in [1.165, 1.54) is 0 Å². The van der Waals surface area contributed by atoms with Crippen molar-refractivity contribution in [1.29, 1.82) is 0 Å². The number of ether oxygens (including phenoxy) is 1. The molecule has 39 heavy (non-hydrogen) atoms. The van der Waals surface area contributed by atoms with Crippen molar-refractivity contribution < 1.29 is 14.3 Å². The van der Waals surface area contributed by atoms with Crippen LogP contribution in [0.2, 0.25) is 0 Å². The highest BCUT2D eigenvalue weighted by Crippen LogP contribution is 2.40. The van der Waals surface area contributed by atoms with Crippen molar-refractivity contribution in [2.24, 2.45) is 12.5 Å². The number of aromatic nitrogens is 2. The number of hydrogen-bond donors (Lipinski definition) is 0. The molecule has 1 aromatic heterocycles. The highest BCUT2D eigenvalue weighted by molar-refractivity contribution is 5.92. The topological polar surface area (TPSA) is 84.7 Å². The summed E-state index contributed by atoms with van der Waals surface area (Å²) in [5.41, 5.74) is 2.79. The van der Waals surface area contributed by atoms with Gasteiger partial charge in [0.25, 0.3) is 5.56 Å². The second-order valence-corrected chi connectivity index (χ2v) is 10.6. The Labute approximate surface area is 228 Å². The fourth-order valence-corrected chi connectivity index (χ4v) is 5.81. The van der Waals surface area contributed by atoms with E-state index in [9.17, 15) is 14.4 Å². The van der Waals surface area contributed by atoms with E-state index in [-0.39, 0.29) is 29.2 Å². The molecule has 204 valence electrons. The maximum absolute atomic E-state index is 13.1. The molecule has 0 bridgehead atoms. The van der Waals surface area contributed by atoms with E-state index in [1.807, 2.05) is 71.3 Å². The van der Waals surface area contributed by atoms with E-state index in [0.717, 1.165) is 48.2 Å². The lowest BCUT2D eigenvalue weighted by atomic mass is 9.78. The van der Waals surface area contributed by atoms with E-state index in [4.69, 9.17) is 4.74 Å². The van der Waals surface area contributed by atoms with Gasteiger partial charge in [-0.1, -0.05) is 30.3 Å². The highest BCUT2D eigenvalue weighted by Gasteiger charge is 2.42. The third-order valence-corrected chi connectivity index (χ3v) is 8.18. The van der Waals surface area contributed by atoms with Crippen molar-refractivity contribution in [3.05, 3.63) is 76.2 Å². The van der Waals surface area contributed by atoms with Gasteiger partial charge in [-0.15, -0.1) is 0 Å². The molecule has 0 unspecified atom stereocenters. The Bertz CT molecular complexity index is 1450. The van der Waals surface area contributed by atoms with Gasteiger partial charge in [-0.25, -0.2) is 4.98 Å². The Balaban J connectivity index is 1.14. The lowest BCUT2D eigenvalue weighted by Crippen LogP contribution is -2.44. The monoisotopic (exact) mass is 528 g/mol. The van der Waals surface area contributed by atoms with Crippen molar-refractivity contribution in [2.45, 2.75) is 39.0 Å². The molecule has 2 amide bonds. The minimum Gasteiger partial charge on any atom is -0.493 e. The zero-order valence-corrected chi connectivity index (χ0v) is 22.8. The average Bonchev–Trinajstić information content (AvgIpc) is 3.37. The van der Waals surface area contributed by atoms with E-state index in [1.54, 1.807) is 17.7 Å². The first-order chi connectivity index (χ1) is 18.9. The Morgan fingerprint density at radius 1 is 1.00 bits per heavy atom. The van der Waals surface area contributed by atoms with Crippen molar-refractivity contribution in [1.82, 2.24) is 19.4 Å². The fourth-order valence-electron chi connectivity index (χ4n) is 5.81. The summed E-state index contributed by atoms with van der Waals surface area (Å²) in [5, 5.41) is 0. The van der Waals surface area contributed by atoms with Gasteiger partial charge in [0.1, 0.15) is 11.4 Å². The Kier molecular flexibility index (Phi) is 7.82. The van der Waals surface area contributed by atoms with E-state index < -0.39 is 0 Å². The molecule has 0 atom stereocenters. The maximum atomic E-state index is 13.1. The lowest BCUT2D eigenvalue weighted by Gasteiger charge is -2.39. The smallest absolute Gasteiger partial charge is 0.272 e. The van der Waals surface area contributed by atoms with E-state index in [2.05, 4.69) is 4.98 Å². The van der Waals surface area contributed by atoms with Gasteiger partial charge in [-0.05, 0) is 55.9 Å². The van der Waals surface area contributed by atoms with Crippen LogP contribution in [0, 0.1) is 5.41 Å². The van der Waals surface area contributed by atoms with Gasteiger partial charge in [0.15, 0.2) is 0 Å². The third-order valence-electron chi connectivity index (χ3n) is 8.18. The molecule has 8 nitrogen and oxygen atoms in total. The molecule has 2 fully saturated rings. The molecule has 0 N–H and O–H groups in total. The van der Waals surface area contributed by atoms with Crippen LogP contribution >= 0.6 is 0 Å². The van der Waals surface area contributed by atoms with Crippen LogP contribution in [0.3, 0.4) is 0 Å². The zero-order chi connectivity index (χ0) is 27.4. The Morgan fingerprint density at radius 3 is 2.46 bits per heavy atom. The molecule has 0 aliphatic carbocycles. The van der Waals surface area contributed by atoms with Crippen molar-refractivity contribution >= 4 is 28.9 Å². The Morgan fingerprint density at radius 2 is 1.69 bits per heavy atom. The highest BCUT2D eigenvalue weighted by atomic mass is 16.5. The Hall–Kier alpha value is -3.94. The van der Waals surface area contributed by atoms with Gasteiger partial charge in [0.2, 0.25) is 11.8 Å². The fraction of sp³-hybridized carbons (Fsp3) is 0.419. The normalized spacial score (nSPS) is 16.9. The predicted molar refractivity (Wildman–Crippen MR) is 151 cm³/mol. The molecule has 3 aromatic rings. The molecular formula is C31H36N4O4. The minimum absolute atomic E-state index is 0.00606. The number of carbonyl (C=O) groups is 2. The van der Waals surface area contributed by atoms with Crippen LogP contribution in [0.5, 0.6) is 5.75 Å². The second-order valence-electron chi connectivity index (χ2n) is 10.6. The molecule has 3 heterocycles. The number of nitrogens with zero attached hydrogens (tertiary/aromatic N) is 4. The van der Waals surface area contributed by atoms with Crippen molar-refractivity contribution in [2.75, 3.05) is 32.8 Å². The number of piperidine rings is 1. The van der Waals surface area contributed by atoms with Crippen LogP contribution in [0.25, 0.3) is 17.1 Å². The van der Waals surface area contributed by atoms with Crippen molar-refractivity contribution in [3.63, 3.8) is 0 Å². The largest absolute Gasteiger partial charge is 0.493 e. The minimum atomic E-state index is -0.146.